The Labute approximate surface area is 101 Å². The standard InChI is InChI=1S/C10H16N2OS.ClH/c1-3-11-4-2-9(1)6-13-7-10-5-12-8-14-10;/h5,8-9,11H,1-4,6-7H2;1H. The SMILES string of the molecule is Cl.c1ncc(COCC2CCNCC2)s1. The van der Waals surface area contributed by atoms with Gasteiger partial charge in [-0.05, 0) is 31.8 Å². The zero-order valence-corrected chi connectivity index (χ0v) is 10.3. The van der Waals surface area contributed by atoms with E-state index in [2.05, 4.69) is 10.3 Å². The van der Waals surface area contributed by atoms with Crippen molar-refractivity contribution in [1.82, 2.24) is 10.3 Å². The molecule has 0 aliphatic carbocycles. The Bertz CT molecular complexity index is 250. The first-order chi connectivity index (χ1) is 6.95. The lowest BCUT2D eigenvalue weighted by Gasteiger charge is -2.22. The highest BCUT2D eigenvalue weighted by Gasteiger charge is 2.12. The fourth-order valence-electron chi connectivity index (χ4n) is 1.69. The molecule has 1 aromatic heterocycles. The Morgan fingerprint density at radius 2 is 2.27 bits per heavy atom. The normalized spacial score (nSPS) is 17.3. The van der Waals surface area contributed by atoms with Gasteiger partial charge in [-0.2, -0.15) is 0 Å². The van der Waals surface area contributed by atoms with Crippen molar-refractivity contribution in [2.24, 2.45) is 5.92 Å². The summed E-state index contributed by atoms with van der Waals surface area (Å²) in [7, 11) is 0. The summed E-state index contributed by atoms with van der Waals surface area (Å²) in [5.41, 5.74) is 1.85. The highest BCUT2D eigenvalue weighted by atomic mass is 35.5. The lowest BCUT2D eigenvalue weighted by molar-refractivity contribution is 0.0778. The fraction of sp³-hybridized carbons (Fsp3) is 0.700. The van der Waals surface area contributed by atoms with Crippen LogP contribution in [0.4, 0.5) is 0 Å². The molecule has 1 N–H and O–H groups in total. The maximum atomic E-state index is 5.66. The molecule has 1 fully saturated rings. The number of nitrogens with one attached hydrogen (secondary N) is 1. The van der Waals surface area contributed by atoms with E-state index in [1.54, 1.807) is 11.3 Å². The molecular weight excluding hydrogens is 232 g/mol. The number of thiazole rings is 1. The van der Waals surface area contributed by atoms with Crippen molar-refractivity contribution in [1.29, 1.82) is 0 Å². The first-order valence-corrected chi connectivity index (χ1v) is 5.99. The molecule has 0 aromatic carbocycles. The van der Waals surface area contributed by atoms with Crippen LogP contribution >= 0.6 is 23.7 Å². The molecule has 15 heavy (non-hydrogen) atoms. The van der Waals surface area contributed by atoms with Gasteiger partial charge in [0.15, 0.2) is 0 Å². The maximum Gasteiger partial charge on any atom is 0.0825 e. The lowest BCUT2D eigenvalue weighted by Crippen LogP contribution is -2.29. The van der Waals surface area contributed by atoms with Crippen molar-refractivity contribution in [3.8, 4) is 0 Å². The highest BCUT2D eigenvalue weighted by Crippen LogP contribution is 2.13. The lowest BCUT2D eigenvalue weighted by atomic mass is 9.99. The van der Waals surface area contributed by atoms with Gasteiger partial charge >= 0.3 is 0 Å². The van der Waals surface area contributed by atoms with Crippen molar-refractivity contribution < 1.29 is 4.74 Å². The molecule has 0 bridgehead atoms. The molecule has 3 nitrogen and oxygen atoms in total. The monoisotopic (exact) mass is 248 g/mol. The largest absolute Gasteiger partial charge is 0.376 e. The Balaban J connectivity index is 0.00000112. The molecule has 0 spiro atoms. The summed E-state index contributed by atoms with van der Waals surface area (Å²) in [4.78, 5) is 5.24. The fourth-order valence-corrected chi connectivity index (χ4v) is 2.22. The number of nitrogens with zero attached hydrogens (tertiary/aromatic N) is 1. The minimum Gasteiger partial charge on any atom is -0.376 e. The molecule has 1 aromatic rings. The molecular formula is C10H17ClN2OS. The van der Waals surface area contributed by atoms with E-state index < -0.39 is 0 Å². The van der Waals surface area contributed by atoms with E-state index in [4.69, 9.17) is 4.74 Å². The Morgan fingerprint density at radius 3 is 2.93 bits per heavy atom. The summed E-state index contributed by atoms with van der Waals surface area (Å²) in [5.74, 6) is 0.754. The van der Waals surface area contributed by atoms with Crippen LogP contribution in [-0.2, 0) is 11.3 Å². The number of hydrogen-bond donors (Lipinski definition) is 1. The third-order valence-electron chi connectivity index (χ3n) is 2.54. The van der Waals surface area contributed by atoms with Crippen molar-refractivity contribution >= 4 is 23.7 Å². The summed E-state index contributed by atoms with van der Waals surface area (Å²) in [6.07, 6.45) is 4.39. The molecule has 0 amide bonds. The van der Waals surface area contributed by atoms with Crippen LogP contribution in [0.5, 0.6) is 0 Å². The van der Waals surface area contributed by atoms with Crippen LogP contribution in [-0.4, -0.2) is 24.7 Å². The van der Waals surface area contributed by atoms with E-state index in [0.29, 0.717) is 0 Å². The van der Waals surface area contributed by atoms with Gasteiger partial charge in [0.25, 0.3) is 0 Å². The van der Waals surface area contributed by atoms with Crippen LogP contribution in [0.25, 0.3) is 0 Å². The number of ether oxygens (including phenoxy) is 1. The number of piperidine rings is 1. The van der Waals surface area contributed by atoms with E-state index in [-0.39, 0.29) is 12.4 Å². The zero-order chi connectivity index (χ0) is 9.64. The van der Waals surface area contributed by atoms with Crippen molar-refractivity contribution in [2.75, 3.05) is 19.7 Å². The zero-order valence-electron chi connectivity index (χ0n) is 8.65. The Hall–Kier alpha value is -0.160. The molecule has 2 rings (SSSR count). The van der Waals surface area contributed by atoms with Crippen LogP contribution in [0.1, 0.15) is 17.7 Å². The average molecular weight is 249 g/mol. The molecule has 5 heteroatoms. The quantitative estimate of drug-likeness (QED) is 0.886. The first-order valence-electron chi connectivity index (χ1n) is 5.11. The van der Waals surface area contributed by atoms with Crippen molar-refractivity contribution in [3.63, 3.8) is 0 Å². The van der Waals surface area contributed by atoms with Gasteiger partial charge in [0, 0.05) is 12.8 Å². The topological polar surface area (TPSA) is 34.1 Å². The van der Waals surface area contributed by atoms with Gasteiger partial charge < -0.3 is 10.1 Å². The molecule has 0 unspecified atom stereocenters. The van der Waals surface area contributed by atoms with Gasteiger partial charge in [0.1, 0.15) is 0 Å². The third-order valence-corrected chi connectivity index (χ3v) is 3.29. The van der Waals surface area contributed by atoms with E-state index >= 15 is 0 Å². The second-order valence-corrected chi connectivity index (χ2v) is 4.65. The number of aromatic nitrogens is 1. The first kappa shape index (κ1) is 12.9. The van der Waals surface area contributed by atoms with Crippen LogP contribution in [0, 0.1) is 5.92 Å². The predicted octanol–water partition coefficient (Wildman–Crippen LogP) is 2.08. The minimum absolute atomic E-state index is 0. The molecule has 2 heterocycles. The molecule has 86 valence electrons. The summed E-state index contributed by atoms with van der Waals surface area (Å²) in [6, 6.07) is 0. The predicted molar refractivity (Wildman–Crippen MR) is 64.6 cm³/mol. The van der Waals surface area contributed by atoms with Gasteiger partial charge in [-0.25, -0.2) is 0 Å². The van der Waals surface area contributed by atoms with E-state index in [9.17, 15) is 0 Å². The molecule has 1 aliphatic rings. The van der Waals surface area contributed by atoms with Crippen molar-refractivity contribution in [2.45, 2.75) is 19.4 Å². The van der Waals surface area contributed by atoms with Gasteiger partial charge in [0.05, 0.1) is 17.0 Å². The summed E-state index contributed by atoms with van der Waals surface area (Å²) >= 11 is 1.66. The van der Waals surface area contributed by atoms with E-state index in [1.807, 2.05) is 11.7 Å². The minimum atomic E-state index is 0. The summed E-state index contributed by atoms with van der Waals surface area (Å²) < 4.78 is 5.66. The Kier molecular flexibility index (Phi) is 6.17. The molecule has 0 saturated carbocycles. The second kappa shape index (κ2) is 7.17. The van der Waals surface area contributed by atoms with Crippen LogP contribution < -0.4 is 5.32 Å². The smallest absolute Gasteiger partial charge is 0.0825 e. The molecule has 0 atom stereocenters. The van der Waals surface area contributed by atoms with Gasteiger partial charge in [-0.15, -0.1) is 23.7 Å². The van der Waals surface area contributed by atoms with Crippen LogP contribution in [0.15, 0.2) is 11.7 Å². The number of rotatable bonds is 4. The Morgan fingerprint density at radius 1 is 1.47 bits per heavy atom. The maximum absolute atomic E-state index is 5.66. The molecule has 0 radical (unpaired) electrons. The highest BCUT2D eigenvalue weighted by molar-refractivity contribution is 7.09. The summed E-state index contributed by atoms with van der Waals surface area (Å²) in [6.45, 7) is 3.93. The van der Waals surface area contributed by atoms with Gasteiger partial charge in [-0.1, -0.05) is 0 Å². The molecule has 1 saturated heterocycles. The second-order valence-electron chi connectivity index (χ2n) is 3.68. The van der Waals surface area contributed by atoms with Gasteiger partial charge in [-0.3, -0.25) is 4.98 Å². The number of hydrogen-bond acceptors (Lipinski definition) is 4. The number of halogens is 1. The average Bonchev–Trinajstić information content (AvgIpc) is 2.72. The van der Waals surface area contributed by atoms with Crippen LogP contribution in [0.2, 0.25) is 0 Å². The van der Waals surface area contributed by atoms with Crippen molar-refractivity contribution in [3.05, 3.63) is 16.6 Å². The van der Waals surface area contributed by atoms with Crippen LogP contribution in [0.3, 0.4) is 0 Å². The van der Waals surface area contributed by atoms with E-state index in [1.165, 1.54) is 17.7 Å². The third kappa shape index (κ3) is 4.47. The van der Waals surface area contributed by atoms with Gasteiger partial charge in [0.2, 0.25) is 0 Å². The summed E-state index contributed by atoms with van der Waals surface area (Å²) in [5, 5.41) is 3.36. The van der Waals surface area contributed by atoms with E-state index in [0.717, 1.165) is 32.2 Å². The molecule has 1 aliphatic heterocycles.